The number of amides is 2. The summed E-state index contributed by atoms with van der Waals surface area (Å²) in [6.45, 7) is 4.51. The highest BCUT2D eigenvalue weighted by molar-refractivity contribution is 5.88. The highest BCUT2D eigenvalue weighted by atomic mass is 16.5. The van der Waals surface area contributed by atoms with Crippen molar-refractivity contribution in [3.63, 3.8) is 0 Å². The van der Waals surface area contributed by atoms with E-state index in [1.54, 1.807) is 0 Å². The minimum atomic E-state index is -0.436. The van der Waals surface area contributed by atoms with Gasteiger partial charge in [0, 0.05) is 31.2 Å². The van der Waals surface area contributed by atoms with Crippen LogP contribution in [0.15, 0.2) is 24.3 Å². The lowest BCUT2D eigenvalue weighted by atomic mass is 10.0. The van der Waals surface area contributed by atoms with Crippen LogP contribution in [0.4, 0.5) is 0 Å². The number of carbonyl (C=O) groups is 2. The minimum Gasteiger partial charge on any atom is -0.494 e. The molecule has 1 aromatic rings. The van der Waals surface area contributed by atoms with Crippen molar-refractivity contribution in [3.05, 3.63) is 29.8 Å². The van der Waals surface area contributed by atoms with Crippen molar-refractivity contribution in [1.29, 1.82) is 0 Å². The lowest BCUT2D eigenvalue weighted by Crippen LogP contribution is -2.56. The van der Waals surface area contributed by atoms with Gasteiger partial charge in [-0.05, 0) is 25.8 Å². The first-order valence-corrected chi connectivity index (χ1v) is 10.7. The van der Waals surface area contributed by atoms with E-state index in [0.717, 1.165) is 30.7 Å². The van der Waals surface area contributed by atoms with Gasteiger partial charge >= 0.3 is 0 Å². The van der Waals surface area contributed by atoms with Crippen LogP contribution in [0, 0.1) is 0 Å². The molecule has 6 heteroatoms. The maximum Gasteiger partial charge on any atom is 0.237 e. The average Bonchev–Trinajstić information content (AvgIpc) is 2.95. The smallest absolute Gasteiger partial charge is 0.237 e. The molecule has 1 saturated heterocycles. The third-order valence-electron chi connectivity index (χ3n) is 5.69. The van der Waals surface area contributed by atoms with Crippen LogP contribution >= 0.6 is 0 Å². The van der Waals surface area contributed by atoms with Crippen molar-refractivity contribution in [1.82, 2.24) is 15.5 Å². The Morgan fingerprint density at radius 1 is 1.21 bits per heavy atom. The van der Waals surface area contributed by atoms with Crippen molar-refractivity contribution in [2.45, 2.75) is 70.5 Å². The standard InChI is InChI=1S/C22H33N3O3/c1-2-28-20-12-8-7-9-17(20)16-25-14-13-23-22(27)19(25)15-21(26)24-18-10-5-3-4-6-11-18/h7-9,12,18-19H,2-6,10-11,13-16H2,1H3,(H,23,27)(H,24,26)/t19-/m0/s1. The molecular formula is C22H33N3O3. The maximum atomic E-state index is 12.7. The second kappa shape index (κ2) is 10.5. The Bertz CT molecular complexity index is 656. The van der Waals surface area contributed by atoms with Crippen molar-refractivity contribution < 1.29 is 14.3 Å². The van der Waals surface area contributed by atoms with E-state index in [4.69, 9.17) is 4.74 Å². The van der Waals surface area contributed by atoms with Gasteiger partial charge in [0.25, 0.3) is 0 Å². The summed E-state index contributed by atoms with van der Waals surface area (Å²) in [5.74, 6) is 0.769. The number of carbonyl (C=O) groups excluding carboxylic acids is 2. The fourth-order valence-electron chi connectivity index (χ4n) is 4.21. The summed E-state index contributed by atoms with van der Waals surface area (Å²) >= 11 is 0. The Labute approximate surface area is 168 Å². The highest BCUT2D eigenvalue weighted by Crippen LogP contribution is 2.23. The van der Waals surface area contributed by atoms with E-state index in [1.807, 2.05) is 31.2 Å². The van der Waals surface area contributed by atoms with E-state index in [-0.39, 0.29) is 24.3 Å². The number of ether oxygens (including phenoxy) is 1. The zero-order valence-corrected chi connectivity index (χ0v) is 16.9. The van der Waals surface area contributed by atoms with Gasteiger partial charge in [0.2, 0.25) is 11.8 Å². The summed E-state index contributed by atoms with van der Waals surface area (Å²) in [6, 6.07) is 7.74. The summed E-state index contributed by atoms with van der Waals surface area (Å²) in [5.41, 5.74) is 1.05. The number of piperazine rings is 1. The number of nitrogens with zero attached hydrogens (tertiary/aromatic N) is 1. The quantitative estimate of drug-likeness (QED) is 0.706. The molecule has 0 unspecified atom stereocenters. The van der Waals surface area contributed by atoms with Gasteiger partial charge in [0.15, 0.2) is 0 Å². The molecule has 1 heterocycles. The Balaban J connectivity index is 1.63. The molecule has 0 radical (unpaired) electrons. The number of hydrogen-bond acceptors (Lipinski definition) is 4. The van der Waals surface area contributed by atoms with Gasteiger partial charge in [-0.25, -0.2) is 0 Å². The highest BCUT2D eigenvalue weighted by Gasteiger charge is 2.32. The van der Waals surface area contributed by atoms with Gasteiger partial charge < -0.3 is 15.4 Å². The summed E-state index contributed by atoms with van der Waals surface area (Å²) in [5, 5.41) is 6.09. The van der Waals surface area contributed by atoms with Crippen molar-refractivity contribution >= 4 is 11.8 Å². The monoisotopic (exact) mass is 387 g/mol. The first-order chi connectivity index (χ1) is 13.7. The largest absolute Gasteiger partial charge is 0.494 e. The van der Waals surface area contributed by atoms with Crippen molar-refractivity contribution in [3.8, 4) is 5.75 Å². The molecule has 28 heavy (non-hydrogen) atoms. The minimum absolute atomic E-state index is 0.0166. The van der Waals surface area contributed by atoms with E-state index in [9.17, 15) is 9.59 Å². The Morgan fingerprint density at radius 3 is 2.71 bits per heavy atom. The molecule has 2 aliphatic rings. The van der Waals surface area contributed by atoms with Crippen molar-refractivity contribution in [2.24, 2.45) is 0 Å². The van der Waals surface area contributed by atoms with E-state index in [1.165, 1.54) is 25.7 Å². The van der Waals surface area contributed by atoms with E-state index < -0.39 is 6.04 Å². The molecule has 1 atom stereocenters. The zero-order valence-electron chi connectivity index (χ0n) is 16.9. The van der Waals surface area contributed by atoms with Gasteiger partial charge in [-0.3, -0.25) is 14.5 Å². The topological polar surface area (TPSA) is 70.7 Å². The molecule has 1 aliphatic carbocycles. The van der Waals surface area contributed by atoms with Crippen LogP contribution < -0.4 is 15.4 Å². The molecule has 2 amide bonds. The molecule has 1 aliphatic heterocycles. The summed E-state index contributed by atoms with van der Waals surface area (Å²) in [6.07, 6.45) is 7.17. The average molecular weight is 388 g/mol. The molecule has 1 saturated carbocycles. The van der Waals surface area contributed by atoms with Gasteiger partial charge in [-0.2, -0.15) is 0 Å². The Hall–Kier alpha value is -2.08. The zero-order chi connectivity index (χ0) is 19.8. The van der Waals surface area contributed by atoms with Crippen LogP contribution in [-0.2, 0) is 16.1 Å². The fourth-order valence-corrected chi connectivity index (χ4v) is 4.21. The van der Waals surface area contributed by atoms with Crippen LogP contribution in [-0.4, -0.2) is 48.5 Å². The van der Waals surface area contributed by atoms with E-state index >= 15 is 0 Å². The summed E-state index contributed by atoms with van der Waals surface area (Å²) < 4.78 is 5.73. The second-order valence-electron chi connectivity index (χ2n) is 7.78. The third kappa shape index (κ3) is 5.71. The predicted octanol–water partition coefficient (Wildman–Crippen LogP) is 2.61. The number of para-hydroxylation sites is 1. The first kappa shape index (κ1) is 20.6. The Kier molecular flexibility index (Phi) is 7.71. The van der Waals surface area contributed by atoms with Crippen LogP contribution in [0.5, 0.6) is 5.75 Å². The summed E-state index contributed by atoms with van der Waals surface area (Å²) in [4.78, 5) is 27.3. The molecule has 1 aromatic carbocycles. The van der Waals surface area contributed by atoms with Crippen LogP contribution in [0.3, 0.4) is 0 Å². The number of nitrogens with one attached hydrogen (secondary N) is 2. The van der Waals surface area contributed by atoms with Gasteiger partial charge in [0.1, 0.15) is 5.75 Å². The van der Waals surface area contributed by atoms with Gasteiger partial charge in [-0.15, -0.1) is 0 Å². The van der Waals surface area contributed by atoms with E-state index in [0.29, 0.717) is 19.7 Å². The molecule has 2 fully saturated rings. The first-order valence-electron chi connectivity index (χ1n) is 10.7. The van der Waals surface area contributed by atoms with E-state index in [2.05, 4.69) is 15.5 Å². The lowest BCUT2D eigenvalue weighted by molar-refractivity contribution is -0.134. The predicted molar refractivity (Wildman–Crippen MR) is 109 cm³/mol. The van der Waals surface area contributed by atoms with Crippen LogP contribution in [0.1, 0.15) is 57.4 Å². The SMILES string of the molecule is CCOc1ccccc1CN1CCNC(=O)[C@@H]1CC(=O)NC1CCCCCC1. The summed E-state index contributed by atoms with van der Waals surface area (Å²) in [7, 11) is 0. The number of hydrogen-bond donors (Lipinski definition) is 2. The molecule has 0 spiro atoms. The molecular weight excluding hydrogens is 354 g/mol. The van der Waals surface area contributed by atoms with Crippen molar-refractivity contribution in [2.75, 3.05) is 19.7 Å². The Morgan fingerprint density at radius 2 is 1.96 bits per heavy atom. The number of rotatable bonds is 7. The van der Waals surface area contributed by atoms with Crippen LogP contribution in [0.25, 0.3) is 0 Å². The molecule has 6 nitrogen and oxygen atoms in total. The number of benzene rings is 1. The van der Waals surface area contributed by atoms with Crippen LogP contribution in [0.2, 0.25) is 0 Å². The molecule has 0 aromatic heterocycles. The van der Waals surface area contributed by atoms with Gasteiger partial charge in [-0.1, -0.05) is 43.9 Å². The molecule has 154 valence electrons. The molecule has 2 N–H and O–H groups in total. The molecule has 0 bridgehead atoms. The normalized spacial score (nSPS) is 21.6. The molecule has 3 rings (SSSR count). The third-order valence-corrected chi connectivity index (χ3v) is 5.69. The lowest BCUT2D eigenvalue weighted by Gasteiger charge is -2.35. The fraction of sp³-hybridized carbons (Fsp3) is 0.636. The second-order valence-corrected chi connectivity index (χ2v) is 7.78. The maximum absolute atomic E-state index is 12.7. The van der Waals surface area contributed by atoms with Gasteiger partial charge in [0.05, 0.1) is 19.1 Å².